The second-order valence-corrected chi connectivity index (χ2v) is 7.71. The van der Waals surface area contributed by atoms with E-state index in [1.807, 2.05) is 0 Å². The summed E-state index contributed by atoms with van der Waals surface area (Å²) in [7, 11) is 1.70. The van der Waals surface area contributed by atoms with Crippen LogP contribution < -0.4 is 15.0 Å². The second kappa shape index (κ2) is 9.25. The molecule has 0 radical (unpaired) electrons. The summed E-state index contributed by atoms with van der Waals surface area (Å²) in [6.45, 7) is 3.84. The molecule has 0 unspecified atom stereocenters. The zero-order chi connectivity index (χ0) is 20.9. The number of aromatic nitrogens is 2. The Kier molecular flexibility index (Phi) is 6.27. The molecule has 0 bridgehead atoms. The first kappa shape index (κ1) is 20.3. The Morgan fingerprint density at radius 2 is 2.00 bits per heavy atom. The fourth-order valence-corrected chi connectivity index (χ4v) is 3.79. The van der Waals surface area contributed by atoms with E-state index in [9.17, 15) is 9.59 Å². The molecular formula is C21H27N5O4. The van der Waals surface area contributed by atoms with Gasteiger partial charge in [-0.05, 0) is 57.1 Å². The highest BCUT2D eigenvalue weighted by molar-refractivity contribution is 5.97. The van der Waals surface area contributed by atoms with Gasteiger partial charge in [-0.3, -0.25) is 9.59 Å². The van der Waals surface area contributed by atoms with Crippen LogP contribution in [-0.4, -0.2) is 66.7 Å². The molecule has 4 rings (SSSR count). The Labute approximate surface area is 175 Å². The van der Waals surface area contributed by atoms with Crippen LogP contribution in [0.2, 0.25) is 0 Å². The van der Waals surface area contributed by atoms with Gasteiger partial charge in [-0.1, -0.05) is 18.0 Å². The van der Waals surface area contributed by atoms with E-state index in [0.717, 1.165) is 26.1 Å². The topological polar surface area (TPSA) is 101 Å². The van der Waals surface area contributed by atoms with Crippen LogP contribution in [0, 0.1) is 0 Å². The summed E-state index contributed by atoms with van der Waals surface area (Å²) in [6, 6.07) is 5.28. The molecule has 2 amide bonds. The van der Waals surface area contributed by atoms with Gasteiger partial charge in [-0.2, -0.15) is 4.98 Å². The van der Waals surface area contributed by atoms with Crippen molar-refractivity contribution in [3.8, 4) is 17.1 Å². The maximum atomic E-state index is 12.3. The molecule has 2 aliphatic rings. The highest BCUT2D eigenvalue weighted by atomic mass is 16.5. The van der Waals surface area contributed by atoms with Crippen molar-refractivity contribution in [1.29, 1.82) is 0 Å². The first-order chi connectivity index (χ1) is 14.6. The van der Waals surface area contributed by atoms with Crippen LogP contribution >= 0.6 is 0 Å². The molecule has 0 spiro atoms. The number of amides is 2. The third-order valence-electron chi connectivity index (χ3n) is 5.56. The number of fused-ring (bicyclic) bond motifs is 1. The lowest BCUT2D eigenvalue weighted by Gasteiger charge is -2.25. The van der Waals surface area contributed by atoms with Crippen LogP contribution in [0.25, 0.3) is 11.4 Å². The Morgan fingerprint density at radius 3 is 2.80 bits per heavy atom. The third-order valence-corrected chi connectivity index (χ3v) is 5.56. The summed E-state index contributed by atoms with van der Waals surface area (Å²) < 4.78 is 10.6. The summed E-state index contributed by atoms with van der Waals surface area (Å²) >= 11 is 0. The average molecular weight is 413 g/mol. The SMILES string of the molecule is CN1C(=O)COc2cc(-c3noc(C(=O)NCCCN4CCCCCC4)n3)ccc21. The van der Waals surface area contributed by atoms with Crippen LogP contribution in [-0.2, 0) is 4.79 Å². The van der Waals surface area contributed by atoms with Gasteiger partial charge in [0.2, 0.25) is 5.82 Å². The zero-order valence-electron chi connectivity index (χ0n) is 17.2. The Morgan fingerprint density at radius 1 is 1.20 bits per heavy atom. The molecule has 9 nitrogen and oxygen atoms in total. The van der Waals surface area contributed by atoms with Crippen molar-refractivity contribution in [2.45, 2.75) is 32.1 Å². The summed E-state index contributed by atoms with van der Waals surface area (Å²) in [5, 5.41) is 6.76. The van der Waals surface area contributed by atoms with Crippen molar-refractivity contribution >= 4 is 17.5 Å². The number of likely N-dealkylation sites (N-methyl/N-ethyl adjacent to an activating group) is 1. The molecule has 1 fully saturated rings. The van der Waals surface area contributed by atoms with Gasteiger partial charge in [0.15, 0.2) is 6.61 Å². The zero-order valence-corrected chi connectivity index (χ0v) is 17.2. The maximum Gasteiger partial charge on any atom is 0.316 e. The van der Waals surface area contributed by atoms with E-state index < -0.39 is 0 Å². The van der Waals surface area contributed by atoms with E-state index in [2.05, 4.69) is 20.4 Å². The number of hydrogen-bond donors (Lipinski definition) is 1. The first-order valence-corrected chi connectivity index (χ1v) is 10.5. The number of carbonyl (C=O) groups is 2. The van der Waals surface area contributed by atoms with Crippen LogP contribution in [0.4, 0.5) is 5.69 Å². The number of rotatable bonds is 6. The van der Waals surface area contributed by atoms with Gasteiger partial charge < -0.3 is 24.4 Å². The van der Waals surface area contributed by atoms with Crippen LogP contribution in [0.15, 0.2) is 22.7 Å². The average Bonchev–Trinajstić information content (AvgIpc) is 3.11. The molecule has 1 N–H and O–H groups in total. The molecule has 2 aromatic rings. The smallest absolute Gasteiger partial charge is 0.316 e. The van der Waals surface area contributed by atoms with E-state index in [4.69, 9.17) is 9.26 Å². The van der Waals surface area contributed by atoms with Crippen molar-refractivity contribution in [2.75, 3.05) is 44.7 Å². The number of nitrogens with one attached hydrogen (secondary N) is 1. The minimum Gasteiger partial charge on any atom is -0.482 e. The van der Waals surface area contributed by atoms with Gasteiger partial charge in [0.05, 0.1) is 5.69 Å². The largest absolute Gasteiger partial charge is 0.482 e. The summed E-state index contributed by atoms with van der Waals surface area (Å²) in [5.41, 5.74) is 1.33. The fourth-order valence-electron chi connectivity index (χ4n) is 3.79. The van der Waals surface area contributed by atoms with Gasteiger partial charge in [0, 0.05) is 19.2 Å². The van der Waals surface area contributed by atoms with Crippen LogP contribution in [0.5, 0.6) is 5.75 Å². The minimum absolute atomic E-state index is 0.00964. The van der Waals surface area contributed by atoms with Gasteiger partial charge in [0.25, 0.3) is 5.91 Å². The number of likely N-dealkylation sites (tertiary alicyclic amines) is 1. The second-order valence-electron chi connectivity index (χ2n) is 7.71. The van der Waals surface area contributed by atoms with Gasteiger partial charge in [-0.25, -0.2) is 0 Å². The molecule has 1 aromatic carbocycles. The lowest BCUT2D eigenvalue weighted by Crippen LogP contribution is -2.35. The lowest BCUT2D eigenvalue weighted by atomic mass is 10.1. The molecular weight excluding hydrogens is 386 g/mol. The normalized spacial score (nSPS) is 17.2. The molecule has 0 saturated carbocycles. The monoisotopic (exact) mass is 413 g/mol. The number of hydrogen-bond acceptors (Lipinski definition) is 7. The number of nitrogens with zero attached hydrogens (tertiary/aromatic N) is 4. The molecule has 1 aromatic heterocycles. The lowest BCUT2D eigenvalue weighted by molar-refractivity contribution is -0.120. The van der Waals surface area contributed by atoms with Crippen LogP contribution in [0.1, 0.15) is 42.8 Å². The van der Waals surface area contributed by atoms with Gasteiger partial charge in [-0.15, -0.1) is 0 Å². The molecule has 0 aliphatic carbocycles. The summed E-state index contributed by atoms with van der Waals surface area (Å²) in [4.78, 5) is 32.3. The fraction of sp³-hybridized carbons (Fsp3) is 0.524. The highest BCUT2D eigenvalue weighted by Gasteiger charge is 2.24. The quantitative estimate of drug-likeness (QED) is 0.724. The predicted octanol–water partition coefficient (Wildman–Crippen LogP) is 2.09. The molecule has 9 heteroatoms. The van der Waals surface area contributed by atoms with Gasteiger partial charge >= 0.3 is 11.8 Å². The van der Waals surface area contributed by atoms with E-state index in [1.54, 1.807) is 30.1 Å². The van der Waals surface area contributed by atoms with Crippen molar-refractivity contribution < 1.29 is 18.8 Å². The molecule has 2 aliphatic heterocycles. The van der Waals surface area contributed by atoms with E-state index in [0.29, 0.717) is 29.4 Å². The van der Waals surface area contributed by atoms with Crippen LogP contribution in [0.3, 0.4) is 0 Å². The number of ether oxygens (including phenoxy) is 1. The predicted molar refractivity (Wildman–Crippen MR) is 110 cm³/mol. The first-order valence-electron chi connectivity index (χ1n) is 10.5. The highest BCUT2D eigenvalue weighted by Crippen LogP contribution is 2.34. The van der Waals surface area contributed by atoms with E-state index in [1.165, 1.54) is 25.7 Å². The van der Waals surface area contributed by atoms with E-state index in [-0.39, 0.29) is 24.3 Å². The molecule has 160 valence electrons. The summed E-state index contributed by atoms with van der Waals surface area (Å²) in [6.07, 6.45) is 6.05. The Hall–Kier alpha value is -2.94. The van der Waals surface area contributed by atoms with Crippen molar-refractivity contribution in [1.82, 2.24) is 20.4 Å². The molecule has 30 heavy (non-hydrogen) atoms. The number of carbonyl (C=O) groups excluding carboxylic acids is 2. The molecule has 3 heterocycles. The van der Waals surface area contributed by atoms with Crippen molar-refractivity contribution in [3.63, 3.8) is 0 Å². The number of anilines is 1. The van der Waals surface area contributed by atoms with E-state index >= 15 is 0 Å². The molecule has 1 saturated heterocycles. The minimum atomic E-state index is -0.371. The third kappa shape index (κ3) is 4.62. The standard InChI is InChI=1S/C21H27N5O4/c1-25-16-8-7-15(13-17(16)29-14-18(25)27)19-23-21(30-24-19)20(28)22-9-6-12-26-10-4-2-3-5-11-26/h7-8,13H,2-6,9-12,14H2,1H3,(H,22,28). The van der Waals surface area contributed by atoms with Gasteiger partial charge in [0.1, 0.15) is 5.75 Å². The number of benzene rings is 1. The van der Waals surface area contributed by atoms with Crippen molar-refractivity contribution in [3.05, 3.63) is 24.1 Å². The Balaban J connectivity index is 1.31. The maximum absolute atomic E-state index is 12.3. The summed E-state index contributed by atoms with van der Waals surface area (Å²) in [5.74, 6) is 0.328. The van der Waals surface area contributed by atoms with Crippen molar-refractivity contribution in [2.24, 2.45) is 0 Å². The Bertz CT molecular complexity index is 905. The molecule has 0 atom stereocenters.